The van der Waals surface area contributed by atoms with Gasteiger partial charge >= 0.3 is 0 Å². The van der Waals surface area contributed by atoms with Crippen LogP contribution in [0.15, 0.2) is 23.6 Å². The number of benzene rings is 1. The Kier molecular flexibility index (Phi) is 4.33. The van der Waals surface area contributed by atoms with Crippen molar-refractivity contribution in [2.75, 3.05) is 19.0 Å². The van der Waals surface area contributed by atoms with Gasteiger partial charge in [0.25, 0.3) is 0 Å². The molecule has 0 saturated heterocycles. The van der Waals surface area contributed by atoms with Gasteiger partial charge in [-0.25, -0.2) is 15.0 Å². The summed E-state index contributed by atoms with van der Waals surface area (Å²) in [7, 11) is 1.60. The molecule has 3 aromatic rings. The van der Waals surface area contributed by atoms with Crippen LogP contribution in [0.4, 0.5) is 5.13 Å². The topological polar surface area (TPSA) is 86.2 Å². The number of nitrogens with zero attached hydrogens (tertiary/aromatic N) is 3. The number of carbonyl (C=O) groups is 1. The van der Waals surface area contributed by atoms with E-state index in [-0.39, 0.29) is 0 Å². The molecule has 0 saturated carbocycles. The predicted octanol–water partition coefficient (Wildman–Crippen LogP) is 2.73. The molecule has 0 aliphatic carbocycles. The first-order chi connectivity index (χ1) is 11.2. The summed E-state index contributed by atoms with van der Waals surface area (Å²) in [6, 6.07) is 5.45. The number of methoxy groups -OCH3 is 1. The summed E-state index contributed by atoms with van der Waals surface area (Å²) in [5.74, 6) is 1.10. The molecule has 2 heterocycles. The highest BCUT2D eigenvalue weighted by atomic mass is 32.1. The minimum absolute atomic E-state index is 0.399. The molecular weight excluding hydrogens is 316 g/mol. The quantitative estimate of drug-likeness (QED) is 0.699. The zero-order valence-corrected chi connectivity index (χ0v) is 13.4. The van der Waals surface area contributed by atoms with Gasteiger partial charge in [0.1, 0.15) is 11.4 Å². The zero-order chi connectivity index (χ0) is 16.2. The Morgan fingerprint density at radius 3 is 2.87 bits per heavy atom. The second-order valence-corrected chi connectivity index (χ2v) is 5.32. The SMILES string of the molecule is CCOc1nc2cc(OC)ccc2nc1-c1csc(NC=O)n1. The summed E-state index contributed by atoms with van der Waals surface area (Å²) < 4.78 is 10.8. The summed E-state index contributed by atoms with van der Waals surface area (Å²) in [4.78, 5) is 24.0. The molecule has 118 valence electrons. The molecule has 0 unspecified atom stereocenters. The van der Waals surface area contributed by atoms with E-state index in [1.54, 1.807) is 18.6 Å². The van der Waals surface area contributed by atoms with E-state index in [9.17, 15) is 4.79 Å². The molecule has 0 fully saturated rings. The van der Waals surface area contributed by atoms with Crippen molar-refractivity contribution in [1.82, 2.24) is 15.0 Å². The van der Waals surface area contributed by atoms with Gasteiger partial charge in [0, 0.05) is 11.4 Å². The number of thiazole rings is 1. The maximum Gasteiger partial charge on any atom is 0.242 e. The van der Waals surface area contributed by atoms with E-state index in [2.05, 4.69) is 20.3 Å². The zero-order valence-electron chi connectivity index (χ0n) is 12.6. The van der Waals surface area contributed by atoms with Crippen LogP contribution >= 0.6 is 11.3 Å². The van der Waals surface area contributed by atoms with E-state index in [0.717, 1.165) is 0 Å². The van der Waals surface area contributed by atoms with Gasteiger partial charge in [0.2, 0.25) is 12.3 Å². The van der Waals surface area contributed by atoms with Gasteiger partial charge in [-0.2, -0.15) is 0 Å². The first-order valence-corrected chi connectivity index (χ1v) is 7.77. The number of aromatic nitrogens is 3. The van der Waals surface area contributed by atoms with Crippen molar-refractivity contribution in [1.29, 1.82) is 0 Å². The minimum Gasteiger partial charge on any atom is -0.497 e. The third-order valence-corrected chi connectivity index (χ3v) is 3.82. The van der Waals surface area contributed by atoms with Gasteiger partial charge < -0.3 is 14.8 Å². The largest absolute Gasteiger partial charge is 0.497 e. The van der Waals surface area contributed by atoms with Crippen molar-refractivity contribution in [2.45, 2.75) is 6.92 Å². The molecule has 7 nitrogen and oxygen atoms in total. The third-order valence-electron chi connectivity index (χ3n) is 3.05. The fourth-order valence-corrected chi connectivity index (χ4v) is 2.70. The van der Waals surface area contributed by atoms with Crippen LogP contribution in [0, 0.1) is 0 Å². The lowest BCUT2D eigenvalue weighted by Gasteiger charge is -2.09. The summed E-state index contributed by atoms with van der Waals surface area (Å²) in [6.45, 7) is 2.34. The second kappa shape index (κ2) is 6.57. The maximum atomic E-state index is 10.5. The molecular formula is C15H14N4O3S. The number of amides is 1. The van der Waals surface area contributed by atoms with Crippen molar-refractivity contribution in [3.05, 3.63) is 23.6 Å². The molecule has 0 aliphatic rings. The van der Waals surface area contributed by atoms with Crippen LogP contribution in [0.1, 0.15) is 6.92 Å². The lowest BCUT2D eigenvalue weighted by atomic mass is 10.2. The van der Waals surface area contributed by atoms with Crippen molar-refractivity contribution in [2.24, 2.45) is 0 Å². The van der Waals surface area contributed by atoms with Crippen LogP contribution < -0.4 is 14.8 Å². The highest BCUT2D eigenvalue weighted by Gasteiger charge is 2.16. The number of hydrogen-bond donors (Lipinski definition) is 1. The molecule has 1 amide bonds. The maximum absolute atomic E-state index is 10.5. The van der Waals surface area contributed by atoms with Gasteiger partial charge in [0.15, 0.2) is 10.8 Å². The van der Waals surface area contributed by atoms with E-state index in [4.69, 9.17) is 9.47 Å². The lowest BCUT2D eigenvalue weighted by Crippen LogP contribution is -2.01. The third kappa shape index (κ3) is 3.07. The van der Waals surface area contributed by atoms with Crippen LogP contribution in [0.3, 0.4) is 0 Å². The van der Waals surface area contributed by atoms with E-state index in [1.807, 2.05) is 19.1 Å². The highest BCUT2D eigenvalue weighted by molar-refractivity contribution is 7.14. The minimum atomic E-state index is 0.399. The predicted molar refractivity (Wildman–Crippen MR) is 88.1 cm³/mol. The first-order valence-electron chi connectivity index (χ1n) is 6.89. The van der Waals surface area contributed by atoms with Crippen molar-refractivity contribution in [3.8, 4) is 23.0 Å². The van der Waals surface area contributed by atoms with Crippen LogP contribution in [-0.4, -0.2) is 35.1 Å². The fraction of sp³-hybridized carbons (Fsp3) is 0.200. The Labute approximate surface area is 136 Å². The lowest BCUT2D eigenvalue weighted by molar-refractivity contribution is -0.105. The number of anilines is 1. The average Bonchev–Trinajstić information content (AvgIpc) is 3.03. The molecule has 0 spiro atoms. The Hall–Kier alpha value is -2.74. The molecule has 8 heteroatoms. The summed E-state index contributed by atoms with van der Waals surface area (Å²) >= 11 is 1.31. The number of rotatable bonds is 6. The summed E-state index contributed by atoms with van der Waals surface area (Å²) in [5.41, 5.74) is 2.54. The molecule has 0 radical (unpaired) electrons. The van der Waals surface area contributed by atoms with E-state index in [1.165, 1.54) is 11.3 Å². The number of fused-ring (bicyclic) bond motifs is 1. The normalized spacial score (nSPS) is 10.5. The molecule has 0 aliphatic heterocycles. The van der Waals surface area contributed by atoms with Crippen LogP contribution in [0.25, 0.3) is 22.4 Å². The van der Waals surface area contributed by atoms with Gasteiger partial charge in [-0.15, -0.1) is 11.3 Å². The Balaban J connectivity index is 2.12. The second-order valence-electron chi connectivity index (χ2n) is 4.47. The number of carbonyl (C=O) groups excluding carboxylic acids is 1. The average molecular weight is 330 g/mol. The summed E-state index contributed by atoms with van der Waals surface area (Å²) in [5, 5.41) is 4.82. The Bertz CT molecular complexity index is 850. The van der Waals surface area contributed by atoms with Crippen LogP contribution in [0.5, 0.6) is 11.6 Å². The highest BCUT2D eigenvalue weighted by Crippen LogP contribution is 2.31. The molecule has 1 aromatic carbocycles. The van der Waals surface area contributed by atoms with Gasteiger partial charge in [0.05, 0.1) is 24.8 Å². The number of ether oxygens (including phenoxy) is 2. The Morgan fingerprint density at radius 1 is 1.26 bits per heavy atom. The van der Waals surface area contributed by atoms with Crippen molar-refractivity contribution >= 4 is 33.9 Å². The van der Waals surface area contributed by atoms with Crippen molar-refractivity contribution in [3.63, 3.8) is 0 Å². The molecule has 1 N–H and O–H groups in total. The first kappa shape index (κ1) is 15.2. The van der Waals surface area contributed by atoms with Crippen molar-refractivity contribution < 1.29 is 14.3 Å². The summed E-state index contributed by atoms with van der Waals surface area (Å²) in [6.07, 6.45) is 0.588. The number of nitrogens with one attached hydrogen (secondary N) is 1. The molecule has 23 heavy (non-hydrogen) atoms. The van der Waals surface area contributed by atoms with Gasteiger partial charge in [-0.3, -0.25) is 4.79 Å². The van der Waals surface area contributed by atoms with Gasteiger partial charge in [-0.1, -0.05) is 0 Å². The van der Waals surface area contributed by atoms with E-state index < -0.39 is 0 Å². The van der Waals surface area contributed by atoms with E-state index in [0.29, 0.717) is 52.2 Å². The smallest absolute Gasteiger partial charge is 0.242 e. The fourth-order valence-electron chi connectivity index (χ4n) is 2.05. The molecule has 0 atom stereocenters. The van der Waals surface area contributed by atoms with E-state index >= 15 is 0 Å². The van der Waals surface area contributed by atoms with Crippen LogP contribution in [-0.2, 0) is 4.79 Å². The molecule has 0 bridgehead atoms. The Morgan fingerprint density at radius 2 is 2.13 bits per heavy atom. The monoisotopic (exact) mass is 330 g/mol. The molecule has 2 aromatic heterocycles. The van der Waals surface area contributed by atoms with Crippen LogP contribution in [0.2, 0.25) is 0 Å². The van der Waals surface area contributed by atoms with Gasteiger partial charge in [-0.05, 0) is 19.1 Å². The number of hydrogen-bond acceptors (Lipinski definition) is 7. The standard InChI is InChI=1S/C15H14N4O3S/c1-3-22-14-13(12-7-23-15(19-12)16-8-20)17-10-5-4-9(21-2)6-11(10)18-14/h4-8H,3H2,1-2H3,(H,16,19,20). The molecule has 3 rings (SSSR count).